The number of carbonyl (C=O) groups is 1. The summed E-state index contributed by atoms with van der Waals surface area (Å²) in [4.78, 5) is 23.7. The number of aromatic carboxylic acids is 1. The molecule has 0 aliphatic carbocycles. The summed E-state index contributed by atoms with van der Waals surface area (Å²) < 4.78 is 1.72. The minimum Gasteiger partial charge on any atom is -0.477 e. The molecule has 0 spiro atoms. The van der Waals surface area contributed by atoms with E-state index in [1.165, 1.54) is 0 Å². The third kappa shape index (κ3) is 2.82. The number of carboxylic acid groups (broad SMARTS) is 1. The molecule has 2 aromatic rings. The van der Waals surface area contributed by atoms with E-state index < -0.39 is 11.4 Å². The van der Waals surface area contributed by atoms with E-state index in [4.69, 9.17) is 23.2 Å². The molecule has 0 aliphatic rings. The van der Waals surface area contributed by atoms with E-state index in [1.807, 2.05) is 6.92 Å². The Morgan fingerprint density at radius 2 is 1.95 bits per heavy atom. The first-order valence-electron chi connectivity index (χ1n) is 6.29. The van der Waals surface area contributed by atoms with E-state index in [-0.39, 0.29) is 5.56 Å². The van der Waals surface area contributed by atoms with Crippen molar-refractivity contribution in [2.45, 2.75) is 20.4 Å². The zero-order chi connectivity index (χ0) is 15.7. The van der Waals surface area contributed by atoms with Crippen LogP contribution in [0.25, 0.3) is 11.3 Å². The van der Waals surface area contributed by atoms with Crippen molar-refractivity contribution >= 4 is 29.2 Å². The fourth-order valence-electron chi connectivity index (χ4n) is 2.21. The molecule has 0 bridgehead atoms. The lowest BCUT2D eigenvalue weighted by Crippen LogP contribution is -2.23. The van der Waals surface area contributed by atoms with Gasteiger partial charge < -0.3 is 9.67 Å². The Balaban J connectivity index is 2.89. The second kappa shape index (κ2) is 5.92. The van der Waals surface area contributed by atoms with Gasteiger partial charge in [0.15, 0.2) is 5.43 Å². The number of carboxylic acids is 1. The molecule has 0 fully saturated rings. The average Bonchev–Trinajstić information content (AvgIpc) is 2.43. The first-order chi connectivity index (χ1) is 9.86. The number of aryl methyl sites for hydroxylation is 2. The second-order valence-corrected chi connectivity index (χ2v) is 5.40. The molecule has 6 heteroatoms. The lowest BCUT2D eigenvalue weighted by Gasteiger charge is -2.16. The van der Waals surface area contributed by atoms with Gasteiger partial charge in [0.05, 0.1) is 15.7 Å². The minimum absolute atomic E-state index is 0.254. The van der Waals surface area contributed by atoms with Crippen LogP contribution in [0.2, 0.25) is 10.0 Å². The van der Waals surface area contributed by atoms with Gasteiger partial charge in [0.1, 0.15) is 5.56 Å². The predicted octanol–water partition coefficient (Wildman–Crippen LogP) is 3.85. The minimum atomic E-state index is -1.26. The Hall–Kier alpha value is -1.78. The van der Waals surface area contributed by atoms with Gasteiger partial charge in [-0.05, 0) is 26.0 Å². The van der Waals surface area contributed by atoms with Crippen LogP contribution in [-0.2, 0) is 6.54 Å². The largest absolute Gasteiger partial charge is 0.477 e. The number of hydrogen-bond donors (Lipinski definition) is 1. The molecule has 1 aromatic carbocycles. The van der Waals surface area contributed by atoms with Crippen molar-refractivity contribution in [3.8, 4) is 11.3 Å². The third-order valence-electron chi connectivity index (χ3n) is 3.21. The van der Waals surface area contributed by atoms with Crippen molar-refractivity contribution in [2.75, 3.05) is 0 Å². The monoisotopic (exact) mass is 325 g/mol. The zero-order valence-electron chi connectivity index (χ0n) is 11.5. The maximum atomic E-state index is 12.2. The molecule has 2 rings (SSSR count). The van der Waals surface area contributed by atoms with Gasteiger partial charge in [0, 0.05) is 23.9 Å². The van der Waals surface area contributed by atoms with Gasteiger partial charge in [-0.25, -0.2) is 4.79 Å². The Kier molecular flexibility index (Phi) is 4.40. The van der Waals surface area contributed by atoms with Gasteiger partial charge >= 0.3 is 5.97 Å². The van der Waals surface area contributed by atoms with Crippen molar-refractivity contribution in [1.82, 2.24) is 4.57 Å². The second-order valence-electron chi connectivity index (χ2n) is 4.58. The number of nitrogens with zero attached hydrogens (tertiary/aromatic N) is 1. The van der Waals surface area contributed by atoms with E-state index in [2.05, 4.69) is 0 Å². The molecule has 0 saturated heterocycles. The quantitative estimate of drug-likeness (QED) is 0.932. The molecule has 0 unspecified atom stereocenters. The van der Waals surface area contributed by atoms with Gasteiger partial charge in [-0.15, -0.1) is 0 Å². The number of hydrogen-bond acceptors (Lipinski definition) is 2. The highest BCUT2D eigenvalue weighted by Crippen LogP contribution is 2.30. The van der Waals surface area contributed by atoms with E-state index in [0.717, 1.165) is 0 Å². The van der Waals surface area contributed by atoms with Crippen molar-refractivity contribution in [1.29, 1.82) is 0 Å². The highest BCUT2D eigenvalue weighted by Gasteiger charge is 2.21. The molecule has 0 atom stereocenters. The van der Waals surface area contributed by atoms with E-state index in [0.29, 0.717) is 33.4 Å². The van der Waals surface area contributed by atoms with Gasteiger partial charge in [-0.2, -0.15) is 0 Å². The maximum absolute atomic E-state index is 12.2. The third-order valence-corrected chi connectivity index (χ3v) is 3.95. The zero-order valence-corrected chi connectivity index (χ0v) is 13.0. The predicted molar refractivity (Wildman–Crippen MR) is 83.5 cm³/mol. The number of benzene rings is 1. The van der Waals surface area contributed by atoms with Crippen LogP contribution in [0, 0.1) is 6.92 Å². The van der Waals surface area contributed by atoms with E-state index >= 15 is 0 Å². The Bertz CT molecular complexity index is 781. The van der Waals surface area contributed by atoms with Crippen LogP contribution in [0.3, 0.4) is 0 Å². The number of aromatic nitrogens is 1. The van der Waals surface area contributed by atoms with Crippen molar-refractivity contribution in [2.24, 2.45) is 0 Å². The summed E-state index contributed by atoms with van der Waals surface area (Å²) in [5.41, 5.74) is 0.515. The maximum Gasteiger partial charge on any atom is 0.341 e. The van der Waals surface area contributed by atoms with Crippen LogP contribution < -0.4 is 5.43 Å². The summed E-state index contributed by atoms with van der Waals surface area (Å²) in [7, 11) is 0. The summed E-state index contributed by atoms with van der Waals surface area (Å²) in [6, 6.07) is 4.79. The summed E-state index contributed by atoms with van der Waals surface area (Å²) in [6.07, 6.45) is 1.65. The van der Waals surface area contributed by atoms with Crippen LogP contribution in [0.15, 0.2) is 29.2 Å². The molecule has 0 aliphatic heterocycles. The Morgan fingerprint density at radius 3 is 2.48 bits per heavy atom. The normalized spacial score (nSPS) is 10.7. The van der Waals surface area contributed by atoms with Crippen molar-refractivity contribution < 1.29 is 9.90 Å². The van der Waals surface area contributed by atoms with Crippen molar-refractivity contribution in [3.05, 3.63) is 55.8 Å². The van der Waals surface area contributed by atoms with Gasteiger partial charge in [-0.1, -0.05) is 29.3 Å². The summed E-state index contributed by atoms with van der Waals surface area (Å²) >= 11 is 11.9. The molecule has 1 aromatic heterocycles. The average molecular weight is 326 g/mol. The fraction of sp³-hybridized carbons (Fsp3) is 0.200. The molecule has 1 heterocycles. The Morgan fingerprint density at radius 1 is 1.29 bits per heavy atom. The first kappa shape index (κ1) is 15.6. The highest BCUT2D eigenvalue weighted by molar-refractivity contribution is 6.42. The fourth-order valence-corrected chi connectivity index (χ4v) is 2.50. The van der Waals surface area contributed by atoms with E-state index in [1.54, 1.807) is 35.9 Å². The van der Waals surface area contributed by atoms with Gasteiger partial charge in [-0.3, -0.25) is 4.79 Å². The SMILES string of the molecule is CCn1cc(C)c(=O)c(C(=O)O)c1-c1ccc(Cl)c(Cl)c1. The number of rotatable bonds is 3. The van der Waals surface area contributed by atoms with E-state index in [9.17, 15) is 14.7 Å². The smallest absolute Gasteiger partial charge is 0.341 e. The first-order valence-corrected chi connectivity index (χ1v) is 7.05. The van der Waals surface area contributed by atoms with Crippen LogP contribution in [0.4, 0.5) is 0 Å². The molecule has 110 valence electrons. The van der Waals surface area contributed by atoms with Crippen LogP contribution >= 0.6 is 23.2 Å². The van der Waals surface area contributed by atoms with Crippen LogP contribution in [0.5, 0.6) is 0 Å². The molecule has 0 radical (unpaired) electrons. The highest BCUT2D eigenvalue weighted by atomic mass is 35.5. The molecule has 4 nitrogen and oxygen atoms in total. The molecular weight excluding hydrogens is 313 g/mol. The van der Waals surface area contributed by atoms with Crippen LogP contribution in [-0.4, -0.2) is 15.6 Å². The number of pyridine rings is 1. The summed E-state index contributed by atoms with van der Waals surface area (Å²) in [5.74, 6) is -1.26. The van der Waals surface area contributed by atoms with Gasteiger partial charge in [0.25, 0.3) is 0 Å². The Labute approximate surface area is 131 Å². The van der Waals surface area contributed by atoms with Crippen LogP contribution in [0.1, 0.15) is 22.8 Å². The standard InChI is InChI=1S/C15H13Cl2NO3/c1-3-18-7-8(2)14(19)12(15(20)21)13(18)9-4-5-10(16)11(17)6-9/h4-7H,3H2,1-2H3,(H,20,21). The van der Waals surface area contributed by atoms with Crippen molar-refractivity contribution in [3.63, 3.8) is 0 Å². The molecule has 0 saturated carbocycles. The lowest BCUT2D eigenvalue weighted by atomic mass is 10.0. The number of halogens is 2. The molecule has 0 amide bonds. The molecule has 1 N–H and O–H groups in total. The molecule has 21 heavy (non-hydrogen) atoms. The summed E-state index contributed by atoms with van der Waals surface area (Å²) in [6.45, 7) is 3.99. The topological polar surface area (TPSA) is 59.3 Å². The summed E-state index contributed by atoms with van der Waals surface area (Å²) in [5, 5.41) is 10.1. The van der Waals surface area contributed by atoms with Gasteiger partial charge in [0.2, 0.25) is 0 Å². The lowest BCUT2D eigenvalue weighted by molar-refractivity contribution is 0.0695. The molecular formula is C15H13Cl2NO3.